The number of piperidine rings is 1. The molecule has 3 unspecified atom stereocenters. The first kappa shape index (κ1) is 17.5. The van der Waals surface area contributed by atoms with Gasteiger partial charge in [0.1, 0.15) is 6.04 Å². The number of hydrogen-bond acceptors (Lipinski definition) is 6. The molecule has 10 nitrogen and oxygen atoms in total. The van der Waals surface area contributed by atoms with Crippen LogP contribution in [0, 0.1) is 5.92 Å². The summed E-state index contributed by atoms with van der Waals surface area (Å²) in [4.78, 5) is 31.1. The Hall–Kier alpha value is -1.27. The molecule has 0 radical (unpaired) electrons. The fourth-order valence-electron chi connectivity index (χ4n) is 3.50. The fraction of sp³-hybridized carbons (Fsp3) is 0.846. The summed E-state index contributed by atoms with van der Waals surface area (Å²) in [5, 5.41) is 4.18. The number of hydrogen-bond donors (Lipinski definition) is 3. The Labute approximate surface area is 142 Å². The third-order valence-corrected chi connectivity index (χ3v) is 4.96. The highest BCUT2D eigenvalue weighted by Crippen LogP contribution is 2.30. The largest absolute Gasteiger partial charge is 0.346 e. The van der Waals surface area contributed by atoms with Crippen molar-refractivity contribution in [3.8, 4) is 0 Å². The number of amides is 3. The van der Waals surface area contributed by atoms with Crippen molar-refractivity contribution in [1.82, 2.24) is 20.8 Å². The van der Waals surface area contributed by atoms with Gasteiger partial charge >= 0.3 is 17.4 Å². The molecule has 0 saturated carbocycles. The molecule has 0 spiro atoms. The second-order valence-corrected chi connectivity index (χ2v) is 7.11. The highest BCUT2D eigenvalue weighted by atomic mass is 32.2. The monoisotopic (exact) mass is 362 g/mol. The molecule has 3 heterocycles. The normalized spacial score (nSPS) is 33.8. The van der Waals surface area contributed by atoms with Crippen molar-refractivity contribution in [3.63, 3.8) is 0 Å². The van der Waals surface area contributed by atoms with E-state index in [-0.39, 0.29) is 24.5 Å². The van der Waals surface area contributed by atoms with Gasteiger partial charge in [0.15, 0.2) is 0 Å². The van der Waals surface area contributed by atoms with E-state index < -0.39 is 23.4 Å². The van der Waals surface area contributed by atoms with Gasteiger partial charge in [0, 0.05) is 12.6 Å². The Balaban J connectivity index is 1.49. The molecule has 5 atom stereocenters. The van der Waals surface area contributed by atoms with Gasteiger partial charge in [0.25, 0.3) is 5.91 Å². The molecule has 24 heavy (non-hydrogen) atoms. The Kier molecular flexibility index (Phi) is 5.35. The van der Waals surface area contributed by atoms with E-state index in [4.69, 9.17) is 9.39 Å². The van der Waals surface area contributed by atoms with E-state index in [1.807, 2.05) is 0 Å². The van der Waals surface area contributed by atoms with E-state index in [1.54, 1.807) is 0 Å². The molecule has 3 saturated heterocycles. The Morgan fingerprint density at radius 1 is 1.50 bits per heavy atom. The molecule has 3 rings (SSSR count). The van der Waals surface area contributed by atoms with Crippen molar-refractivity contribution >= 4 is 23.3 Å². The lowest BCUT2D eigenvalue weighted by Crippen LogP contribution is -2.50. The molecule has 0 aromatic rings. The van der Waals surface area contributed by atoms with Crippen molar-refractivity contribution in [3.05, 3.63) is 0 Å². The lowest BCUT2D eigenvalue weighted by Gasteiger charge is -2.29. The summed E-state index contributed by atoms with van der Waals surface area (Å²) in [5.74, 6) is 0.203. The third kappa shape index (κ3) is 3.70. The maximum atomic E-state index is 12.3. The van der Waals surface area contributed by atoms with Crippen LogP contribution in [0.1, 0.15) is 26.2 Å². The van der Waals surface area contributed by atoms with Crippen LogP contribution < -0.4 is 10.8 Å². The third-order valence-electron chi connectivity index (χ3n) is 4.67. The van der Waals surface area contributed by atoms with Crippen molar-refractivity contribution in [1.29, 1.82) is 0 Å². The molecule has 11 heteroatoms. The topological polar surface area (TPSA) is 120 Å². The summed E-state index contributed by atoms with van der Waals surface area (Å²) in [7, 11) is 0. The van der Waals surface area contributed by atoms with Gasteiger partial charge in [-0.1, -0.05) is 6.92 Å². The molecule has 3 fully saturated rings. The van der Waals surface area contributed by atoms with E-state index in [2.05, 4.69) is 22.0 Å². The average molecular weight is 362 g/mol. The van der Waals surface area contributed by atoms with Crippen LogP contribution in [0.15, 0.2) is 0 Å². The van der Waals surface area contributed by atoms with E-state index in [0.717, 1.165) is 18.0 Å². The molecule has 136 valence electrons. The van der Waals surface area contributed by atoms with Gasteiger partial charge in [0.2, 0.25) is 0 Å². The molecule has 0 aromatic carbocycles. The van der Waals surface area contributed by atoms with Crippen LogP contribution in [0.4, 0.5) is 4.79 Å². The van der Waals surface area contributed by atoms with E-state index >= 15 is 0 Å². The highest BCUT2D eigenvalue weighted by Gasteiger charge is 2.48. The van der Waals surface area contributed by atoms with Crippen LogP contribution in [0.3, 0.4) is 0 Å². The van der Waals surface area contributed by atoms with Crippen LogP contribution in [0.25, 0.3) is 0 Å². The zero-order valence-corrected chi connectivity index (χ0v) is 14.2. The quantitative estimate of drug-likeness (QED) is 0.425. The van der Waals surface area contributed by atoms with Gasteiger partial charge in [-0.25, -0.2) is 10.3 Å². The lowest BCUT2D eigenvalue weighted by atomic mass is 10.0. The Morgan fingerprint density at radius 2 is 2.29 bits per heavy atom. The minimum Gasteiger partial charge on any atom is -0.311 e. The zero-order valence-electron chi connectivity index (χ0n) is 13.3. The smallest absolute Gasteiger partial charge is 0.311 e. The maximum Gasteiger partial charge on any atom is 0.346 e. The predicted molar refractivity (Wildman–Crippen MR) is 82.3 cm³/mol. The lowest BCUT2D eigenvalue weighted by molar-refractivity contribution is -0.139. The molecule has 0 aliphatic carbocycles. The molecule has 3 amide bonds. The van der Waals surface area contributed by atoms with Gasteiger partial charge in [-0.3, -0.25) is 14.2 Å². The summed E-state index contributed by atoms with van der Waals surface area (Å²) in [6.07, 6.45) is 1.96. The zero-order chi connectivity index (χ0) is 17.3. The molecule has 3 aliphatic heterocycles. The van der Waals surface area contributed by atoms with Gasteiger partial charge in [-0.2, -0.15) is 9.27 Å². The van der Waals surface area contributed by atoms with Gasteiger partial charge in [-0.05, 0) is 31.7 Å². The van der Waals surface area contributed by atoms with Crippen LogP contribution in [0.2, 0.25) is 0 Å². The summed E-state index contributed by atoms with van der Waals surface area (Å²) >= 11 is -2.57. The number of hydroxylamine groups is 3. The second kappa shape index (κ2) is 7.31. The summed E-state index contributed by atoms with van der Waals surface area (Å²) in [6.45, 7) is 3.75. The van der Waals surface area contributed by atoms with Gasteiger partial charge < -0.3 is 10.2 Å². The molecular weight excluding hydrogens is 340 g/mol. The van der Waals surface area contributed by atoms with Crippen molar-refractivity contribution in [2.75, 3.05) is 19.7 Å². The molecule has 0 aromatic heterocycles. The van der Waals surface area contributed by atoms with Gasteiger partial charge in [-0.15, -0.1) is 4.28 Å². The van der Waals surface area contributed by atoms with Crippen LogP contribution in [-0.4, -0.2) is 68.5 Å². The number of fused-ring (bicyclic) bond motifs is 2. The van der Waals surface area contributed by atoms with Crippen molar-refractivity contribution in [2.24, 2.45) is 5.92 Å². The fourth-order valence-corrected chi connectivity index (χ4v) is 3.82. The number of urea groups is 1. The summed E-state index contributed by atoms with van der Waals surface area (Å²) in [6, 6.07) is -1.34. The van der Waals surface area contributed by atoms with E-state index in [0.29, 0.717) is 25.4 Å². The number of nitrogens with one attached hydrogen (secondary N) is 2. The first-order valence-electron chi connectivity index (χ1n) is 8.00. The average Bonchev–Trinajstić information content (AvgIpc) is 3.05. The minimum atomic E-state index is -2.57. The van der Waals surface area contributed by atoms with Crippen molar-refractivity contribution in [2.45, 2.75) is 44.3 Å². The molecular formula is C13H22N4O6S. The maximum absolute atomic E-state index is 12.3. The Morgan fingerprint density at radius 3 is 2.96 bits per heavy atom. The minimum absolute atomic E-state index is 0.216. The molecule has 2 bridgehead atoms. The highest BCUT2D eigenvalue weighted by molar-refractivity contribution is 7.74. The summed E-state index contributed by atoms with van der Waals surface area (Å²) < 4.78 is 24.2. The summed E-state index contributed by atoms with van der Waals surface area (Å²) in [5.41, 5.74) is 2.41. The number of nitrogens with zero attached hydrogens (tertiary/aromatic N) is 2. The number of carbonyl (C=O) groups is 2. The van der Waals surface area contributed by atoms with Crippen LogP contribution in [0.5, 0.6) is 0 Å². The van der Waals surface area contributed by atoms with E-state index in [1.165, 1.54) is 4.90 Å². The first-order chi connectivity index (χ1) is 11.5. The first-order valence-corrected chi connectivity index (χ1v) is 9.03. The predicted octanol–water partition coefficient (Wildman–Crippen LogP) is -0.631. The van der Waals surface area contributed by atoms with Crippen LogP contribution >= 0.6 is 0 Å². The Bertz CT molecular complexity index is 535. The molecule has 3 N–H and O–H groups in total. The number of carbonyl (C=O) groups excluding carboxylic acids is 2. The standard InChI is InChI=1S/C13H22N4O6S/c1-8-4-9(14-5-8)7-22-15-12(18)11-3-2-10-6-16(11)13(19)17(10)23-24(20)21/h8-11,14H,2-7H2,1H3,(H,15,18)(H,20,21)/t8-,9-,10?,11?/m1/s1. The van der Waals surface area contributed by atoms with E-state index in [9.17, 15) is 13.8 Å². The second-order valence-electron chi connectivity index (χ2n) is 6.52. The van der Waals surface area contributed by atoms with Crippen LogP contribution in [-0.2, 0) is 25.3 Å². The van der Waals surface area contributed by atoms with Gasteiger partial charge in [0.05, 0.1) is 12.6 Å². The molecule has 3 aliphatic rings. The SMILES string of the molecule is C[C@H]1CN[C@@H](CONC(=O)C2CCC3CN2C(=O)N3OS(=O)O)C1. The number of rotatable bonds is 6. The van der Waals surface area contributed by atoms with Crippen molar-refractivity contribution < 1.29 is 27.5 Å².